The monoisotopic (exact) mass is 394 g/mol. The Morgan fingerprint density at radius 1 is 1.14 bits per heavy atom. The number of aryl methyl sites for hydroxylation is 1. The van der Waals surface area contributed by atoms with Crippen LogP contribution < -0.4 is 5.43 Å². The van der Waals surface area contributed by atoms with E-state index in [1.165, 1.54) is 19.1 Å². The van der Waals surface area contributed by atoms with Crippen LogP contribution in [0.15, 0.2) is 21.3 Å². The average Bonchev–Trinajstić information content (AvgIpc) is 2.60. The molecule has 0 unspecified atom stereocenters. The van der Waals surface area contributed by atoms with Gasteiger partial charge >= 0.3 is 0 Å². The molecule has 28 heavy (non-hydrogen) atoms. The van der Waals surface area contributed by atoms with Crippen LogP contribution in [0.25, 0.3) is 11.0 Å². The van der Waals surface area contributed by atoms with Crippen molar-refractivity contribution in [2.75, 3.05) is 6.61 Å². The molecule has 2 heterocycles. The average molecular weight is 394 g/mol. The van der Waals surface area contributed by atoms with Crippen LogP contribution in [0.1, 0.15) is 29.9 Å². The molecule has 0 saturated carbocycles. The number of aromatic hydroxyl groups is 1. The van der Waals surface area contributed by atoms with E-state index in [0.717, 1.165) is 0 Å². The Hall–Kier alpha value is -2.30. The maximum Gasteiger partial charge on any atom is 0.193 e. The highest BCUT2D eigenvalue weighted by Crippen LogP contribution is 2.41. The second kappa shape index (κ2) is 7.61. The standard InChI is InChI=1S/C19H22O9/c1-7-3-10(22)14(19-17(26)16(25)15(24)12(6-20)28-19)18-13(7)11(23)5-9(27-18)4-8(2)21/h3,5,12,15-17,19-20,22,24-26H,4,6H2,1-2H3/t12-,15+,16-,17-,19+/m1/s1. The van der Waals surface area contributed by atoms with E-state index < -0.39 is 42.6 Å². The molecule has 1 fully saturated rings. The van der Waals surface area contributed by atoms with Crippen molar-refractivity contribution >= 4 is 16.8 Å². The van der Waals surface area contributed by atoms with E-state index in [0.29, 0.717) is 5.56 Å². The summed E-state index contributed by atoms with van der Waals surface area (Å²) in [5.74, 6) is -0.535. The van der Waals surface area contributed by atoms with Crippen LogP contribution in [-0.4, -0.2) is 62.3 Å². The quantitative estimate of drug-likeness (QED) is 0.459. The fourth-order valence-corrected chi connectivity index (χ4v) is 3.52. The van der Waals surface area contributed by atoms with Gasteiger partial charge in [-0.2, -0.15) is 0 Å². The van der Waals surface area contributed by atoms with Crippen LogP contribution >= 0.6 is 0 Å². The lowest BCUT2D eigenvalue weighted by Crippen LogP contribution is -2.55. The summed E-state index contributed by atoms with van der Waals surface area (Å²) in [5.41, 5.74) is -0.240. The van der Waals surface area contributed by atoms with Crippen molar-refractivity contribution in [3.63, 3.8) is 0 Å². The lowest BCUT2D eigenvalue weighted by molar-refractivity contribution is -0.231. The predicted molar refractivity (Wildman–Crippen MR) is 96.0 cm³/mol. The van der Waals surface area contributed by atoms with Crippen molar-refractivity contribution in [2.24, 2.45) is 0 Å². The van der Waals surface area contributed by atoms with Crippen LogP contribution in [0.3, 0.4) is 0 Å². The van der Waals surface area contributed by atoms with E-state index in [1.54, 1.807) is 6.92 Å². The number of aliphatic hydroxyl groups is 4. The first-order chi connectivity index (χ1) is 13.1. The van der Waals surface area contributed by atoms with Crippen molar-refractivity contribution < 1.29 is 39.5 Å². The second-order valence-corrected chi connectivity index (χ2v) is 7.04. The fourth-order valence-electron chi connectivity index (χ4n) is 3.52. The summed E-state index contributed by atoms with van der Waals surface area (Å²) < 4.78 is 11.2. The molecule has 0 amide bonds. The minimum Gasteiger partial charge on any atom is -0.507 e. The van der Waals surface area contributed by atoms with Gasteiger partial charge in [-0.25, -0.2) is 0 Å². The molecule has 1 aliphatic rings. The fraction of sp³-hybridized carbons (Fsp3) is 0.474. The Labute approximate surface area is 159 Å². The lowest BCUT2D eigenvalue weighted by Gasteiger charge is -2.40. The molecule has 1 aromatic heterocycles. The number of fused-ring (bicyclic) bond motifs is 1. The zero-order valence-electron chi connectivity index (χ0n) is 15.3. The number of phenols is 1. The predicted octanol–water partition coefficient (Wildman–Crippen LogP) is -0.547. The Kier molecular flexibility index (Phi) is 5.55. The molecule has 9 heteroatoms. The Morgan fingerprint density at radius 3 is 2.43 bits per heavy atom. The summed E-state index contributed by atoms with van der Waals surface area (Å²) in [6.45, 7) is 2.27. The highest BCUT2D eigenvalue weighted by molar-refractivity contribution is 5.86. The smallest absolute Gasteiger partial charge is 0.193 e. The number of aliphatic hydroxyl groups excluding tert-OH is 4. The third kappa shape index (κ3) is 3.43. The van der Waals surface area contributed by atoms with Crippen molar-refractivity contribution in [1.29, 1.82) is 0 Å². The van der Waals surface area contributed by atoms with Gasteiger partial charge in [-0.3, -0.25) is 9.59 Å². The Morgan fingerprint density at radius 2 is 1.82 bits per heavy atom. The first-order valence-corrected chi connectivity index (χ1v) is 8.74. The van der Waals surface area contributed by atoms with Gasteiger partial charge in [-0.1, -0.05) is 0 Å². The highest BCUT2D eigenvalue weighted by Gasteiger charge is 2.45. The van der Waals surface area contributed by atoms with Crippen molar-refractivity contribution in [3.8, 4) is 5.75 Å². The van der Waals surface area contributed by atoms with Crippen LogP contribution in [0.4, 0.5) is 0 Å². The molecule has 5 atom stereocenters. The summed E-state index contributed by atoms with van der Waals surface area (Å²) in [4.78, 5) is 24.0. The highest BCUT2D eigenvalue weighted by atomic mass is 16.5. The van der Waals surface area contributed by atoms with Gasteiger partial charge in [0.1, 0.15) is 53.4 Å². The molecule has 0 radical (unpaired) electrons. The van der Waals surface area contributed by atoms with E-state index in [2.05, 4.69) is 0 Å². The second-order valence-electron chi connectivity index (χ2n) is 7.04. The number of carbonyl (C=O) groups is 1. The molecule has 3 rings (SSSR count). The van der Waals surface area contributed by atoms with Crippen molar-refractivity contribution in [1.82, 2.24) is 0 Å². The number of Topliss-reactive ketones (excluding diaryl/α,β-unsaturated/α-hetero) is 1. The number of carbonyl (C=O) groups excluding carboxylic acids is 1. The van der Waals surface area contributed by atoms with E-state index in [-0.39, 0.29) is 40.2 Å². The van der Waals surface area contributed by atoms with E-state index >= 15 is 0 Å². The number of ether oxygens (including phenoxy) is 1. The molecular weight excluding hydrogens is 372 g/mol. The van der Waals surface area contributed by atoms with E-state index in [4.69, 9.17) is 9.15 Å². The SMILES string of the molecule is CC(=O)Cc1cc(=O)c2c(C)cc(O)c([C@@H]3O[C@H](CO)[C@H](O)[C@@H](O)[C@H]3O)c2o1. The van der Waals surface area contributed by atoms with Crippen LogP contribution in [0.5, 0.6) is 5.75 Å². The number of phenolic OH excluding ortho intramolecular Hbond substituents is 1. The van der Waals surface area contributed by atoms with Gasteiger partial charge in [0.15, 0.2) is 5.43 Å². The molecule has 5 N–H and O–H groups in total. The largest absolute Gasteiger partial charge is 0.507 e. The molecule has 1 saturated heterocycles. The first kappa shape index (κ1) is 20.4. The van der Waals surface area contributed by atoms with E-state index in [1.807, 2.05) is 0 Å². The maximum absolute atomic E-state index is 12.6. The van der Waals surface area contributed by atoms with Gasteiger partial charge < -0.3 is 34.7 Å². The summed E-state index contributed by atoms with van der Waals surface area (Å²) in [6, 6.07) is 2.48. The normalized spacial score (nSPS) is 27.9. The lowest BCUT2D eigenvalue weighted by atomic mass is 9.89. The van der Waals surface area contributed by atoms with E-state index in [9.17, 15) is 35.1 Å². The Balaban J connectivity index is 2.26. The number of rotatable bonds is 4. The maximum atomic E-state index is 12.6. The van der Waals surface area contributed by atoms with Gasteiger partial charge in [0.2, 0.25) is 0 Å². The van der Waals surface area contributed by atoms with Crippen LogP contribution in [0, 0.1) is 6.92 Å². The van der Waals surface area contributed by atoms with Crippen LogP contribution in [0.2, 0.25) is 0 Å². The number of hydrogen-bond donors (Lipinski definition) is 5. The van der Waals surface area contributed by atoms with Gasteiger partial charge in [0, 0.05) is 6.07 Å². The van der Waals surface area contributed by atoms with Gasteiger partial charge in [0.25, 0.3) is 0 Å². The zero-order valence-corrected chi connectivity index (χ0v) is 15.3. The molecule has 0 aliphatic carbocycles. The molecule has 9 nitrogen and oxygen atoms in total. The van der Waals surface area contributed by atoms with Crippen LogP contribution in [-0.2, 0) is 16.0 Å². The number of hydrogen-bond acceptors (Lipinski definition) is 9. The molecule has 152 valence electrons. The van der Waals surface area contributed by atoms with Gasteiger partial charge in [0.05, 0.1) is 24.0 Å². The molecule has 2 aromatic rings. The summed E-state index contributed by atoms with van der Waals surface area (Å²) in [6.07, 6.45) is -7.65. The topological polar surface area (TPSA) is 158 Å². The molecule has 0 bridgehead atoms. The molecule has 0 spiro atoms. The summed E-state index contributed by atoms with van der Waals surface area (Å²) >= 11 is 0. The zero-order chi connectivity index (χ0) is 20.7. The molecule has 1 aromatic carbocycles. The first-order valence-electron chi connectivity index (χ1n) is 8.74. The third-order valence-corrected chi connectivity index (χ3v) is 4.87. The van der Waals surface area contributed by atoms with Gasteiger partial charge in [-0.05, 0) is 25.5 Å². The minimum atomic E-state index is -1.67. The summed E-state index contributed by atoms with van der Waals surface area (Å²) in [5, 5.41) is 50.5. The summed E-state index contributed by atoms with van der Waals surface area (Å²) in [7, 11) is 0. The Bertz CT molecular complexity index is 962. The number of benzene rings is 1. The molecular formula is C19H22O9. The van der Waals surface area contributed by atoms with Gasteiger partial charge in [-0.15, -0.1) is 0 Å². The number of ketones is 1. The molecule has 1 aliphatic heterocycles. The third-order valence-electron chi connectivity index (χ3n) is 4.87. The van der Waals surface area contributed by atoms with Crippen molar-refractivity contribution in [2.45, 2.75) is 50.8 Å². The minimum absolute atomic E-state index is 0.0702. The van der Waals surface area contributed by atoms with Crippen molar-refractivity contribution in [3.05, 3.63) is 39.2 Å².